The van der Waals surface area contributed by atoms with Crippen molar-refractivity contribution in [3.8, 4) is 5.75 Å². The molecule has 0 saturated carbocycles. The van der Waals surface area contributed by atoms with E-state index in [0.29, 0.717) is 12.3 Å². The fourth-order valence-corrected chi connectivity index (χ4v) is 1.71. The molecular weight excluding hydrogens is 231 g/mol. The average Bonchev–Trinajstić information content (AvgIpc) is 2.39. The van der Waals surface area contributed by atoms with E-state index in [4.69, 9.17) is 10.5 Å². The van der Waals surface area contributed by atoms with Gasteiger partial charge in [-0.3, -0.25) is 4.98 Å². The molecule has 0 fully saturated rings. The summed E-state index contributed by atoms with van der Waals surface area (Å²) in [6.45, 7) is 2.53. The summed E-state index contributed by atoms with van der Waals surface area (Å²) in [4.78, 5) is 3.99. The van der Waals surface area contributed by atoms with E-state index < -0.39 is 0 Å². The maximum Gasteiger partial charge on any atom is 0.141 e. The largest absolute Gasteiger partial charge is 0.494 e. The van der Waals surface area contributed by atoms with Gasteiger partial charge in [0.1, 0.15) is 11.6 Å². The van der Waals surface area contributed by atoms with Gasteiger partial charge >= 0.3 is 0 Å². The van der Waals surface area contributed by atoms with Crippen LogP contribution in [0.25, 0.3) is 0 Å². The van der Waals surface area contributed by atoms with Crippen LogP contribution in [0, 0.1) is 5.82 Å². The molecule has 0 aliphatic rings. The number of benzene rings is 1. The first kappa shape index (κ1) is 12.5. The number of halogens is 1. The number of rotatable bonds is 4. The Balaban J connectivity index is 2.24. The van der Waals surface area contributed by atoms with Gasteiger partial charge < -0.3 is 10.5 Å². The lowest BCUT2D eigenvalue weighted by molar-refractivity contribution is 0.340. The highest BCUT2D eigenvalue weighted by Crippen LogP contribution is 2.22. The van der Waals surface area contributed by atoms with Crippen molar-refractivity contribution < 1.29 is 9.13 Å². The molecule has 0 saturated heterocycles. The quantitative estimate of drug-likeness (QED) is 0.902. The van der Waals surface area contributed by atoms with E-state index in [1.165, 1.54) is 12.3 Å². The Morgan fingerprint density at radius 2 is 2.17 bits per heavy atom. The molecule has 0 amide bonds. The molecule has 3 nitrogen and oxygen atoms in total. The van der Waals surface area contributed by atoms with Gasteiger partial charge in [0.25, 0.3) is 0 Å². The van der Waals surface area contributed by atoms with E-state index in [9.17, 15) is 4.39 Å². The third kappa shape index (κ3) is 2.84. The lowest BCUT2D eigenvalue weighted by Crippen LogP contribution is -2.13. The minimum absolute atomic E-state index is 0.367. The smallest absolute Gasteiger partial charge is 0.141 e. The first-order valence-corrected chi connectivity index (χ1v) is 5.80. The van der Waals surface area contributed by atoms with Gasteiger partial charge in [-0.2, -0.15) is 0 Å². The molecule has 0 aliphatic carbocycles. The number of pyridine rings is 1. The van der Waals surface area contributed by atoms with Crippen LogP contribution in [-0.2, 0) is 0 Å². The van der Waals surface area contributed by atoms with E-state index in [2.05, 4.69) is 4.98 Å². The molecule has 1 aromatic heterocycles. The maximum atomic E-state index is 12.8. The van der Waals surface area contributed by atoms with Crippen LogP contribution >= 0.6 is 0 Å². The van der Waals surface area contributed by atoms with Crippen molar-refractivity contribution in [1.82, 2.24) is 4.98 Å². The molecule has 4 heteroatoms. The normalized spacial score (nSPS) is 12.2. The van der Waals surface area contributed by atoms with Crippen molar-refractivity contribution in [2.45, 2.75) is 13.0 Å². The summed E-state index contributed by atoms with van der Waals surface area (Å²) in [5.74, 6) is 0.404. The highest BCUT2D eigenvalue weighted by Gasteiger charge is 2.11. The van der Waals surface area contributed by atoms with Crippen molar-refractivity contribution in [2.24, 2.45) is 5.73 Å². The van der Waals surface area contributed by atoms with E-state index in [1.54, 1.807) is 6.07 Å². The molecule has 1 heterocycles. The zero-order valence-corrected chi connectivity index (χ0v) is 10.1. The summed E-state index contributed by atoms with van der Waals surface area (Å²) in [6.07, 6.45) is 1.17. The van der Waals surface area contributed by atoms with E-state index in [1.807, 2.05) is 31.2 Å². The van der Waals surface area contributed by atoms with Gasteiger partial charge in [-0.05, 0) is 36.8 Å². The molecular formula is C14H15FN2O. The maximum absolute atomic E-state index is 12.8. The van der Waals surface area contributed by atoms with Crippen LogP contribution in [0.4, 0.5) is 4.39 Å². The number of aromatic nitrogens is 1. The molecule has 0 bridgehead atoms. The molecule has 0 spiro atoms. The Morgan fingerprint density at radius 3 is 2.83 bits per heavy atom. The molecule has 2 rings (SSSR count). The zero-order chi connectivity index (χ0) is 13.0. The molecule has 2 N–H and O–H groups in total. The molecule has 0 radical (unpaired) electrons. The van der Waals surface area contributed by atoms with Gasteiger partial charge in [-0.15, -0.1) is 0 Å². The van der Waals surface area contributed by atoms with E-state index in [0.717, 1.165) is 11.3 Å². The summed E-state index contributed by atoms with van der Waals surface area (Å²) in [6, 6.07) is 10.1. The summed E-state index contributed by atoms with van der Waals surface area (Å²) < 4.78 is 18.2. The lowest BCUT2D eigenvalue weighted by Gasteiger charge is -2.13. The van der Waals surface area contributed by atoms with Crippen molar-refractivity contribution in [2.75, 3.05) is 6.61 Å². The van der Waals surface area contributed by atoms with Gasteiger partial charge in [-0.25, -0.2) is 4.39 Å². The van der Waals surface area contributed by atoms with Crippen LogP contribution in [0.3, 0.4) is 0 Å². The van der Waals surface area contributed by atoms with Crippen LogP contribution < -0.4 is 10.5 Å². The van der Waals surface area contributed by atoms with E-state index >= 15 is 0 Å². The Morgan fingerprint density at radius 1 is 1.33 bits per heavy atom. The minimum atomic E-state index is -0.383. The zero-order valence-electron chi connectivity index (χ0n) is 10.1. The fraction of sp³-hybridized carbons (Fsp3) is 0.214. The van der Waals surface area contributed by atoms with Crippen LogP contribution in [-0.4, -0.2) is 11.6 Å². The predicted octanol–water partition coefficient (Wildman–Crippen LogP) is 2.67. The Hall–Kier alpha value is -1.94. The standard InChI is InChI=1S/C14H15FN2O/c1-2-18-12-5-3-4-10(8-12)14(16)13-7-6-11(15)9-17-13/h3-9,14H,2,16H2,1H3. The summed E-state index contributed by atoms with van der Waals surface area (Å²) in [5, 5.41) is 0. The number of hydrogen-bond acceptors (Lipinski definition) is 3. The molecule has 1 unspecified atom stereocenters. The SMILES string of the molecule is CCOc1cccc(C(N)c2ccc(F)cn2)c1. The first-order valence-electron chi connectivity index (χ1n) is 5.80. The molecule has 2 aromatic rings. The fourth-order valence-electron chi connectivity index (χ4n) is 1.71. The summed E-state index contributed by atoms with van der Waals surface area (Å²) in [5.41, 5.74) is 7.61. The van der Waals surface area contributed by atoms with Gasteiger partial charge in [0, 0.05) is 0 Å². The molecule has 18 heavy (non-hydrogen) atoms. The van der Waals surface area contributed by atoms with Crippen molar-refractivity contribution in [1.29, 1.82) is 0 Å². The third-order valence-electron chi connectivity index (χ3n) is 2.60. The highest BCUT2D eigenvalue weighted by atomic mass is 19.1. The minimum Gasteiger partial charge on any atom is -0.494 e. The molecule has 94 valence electrons. The second-order valence-electron chi connectivity index (χ2n) is 3.88. The molecule has 1 atom stereocenters. The van der Waals surface area contributed by atoms with E-state index in [-0.39, 0.29) is 11.9 Å². The van der Waals surface area contributed by atoms with Crippen molar-refractivity contribution in [3.63, 3.8) is 0 Å². The molecule has 1 aromatic carbocycles. The van der Waals surface area contributed by atoms with Gasteiger partial charge in [0.15, 0.2) is 0 Å². The summed E-state index contributed by atoms with van der Waals surface area (Å²) >= 11 is 0. The molecule has 0 aliphatic heterocycles. The van der Waals surface area contributed by atoms with Crippen LogP contribution in [0.15, 0.2) is 42.6 Å². The van der Waals surface area contributed by atoms with Gasteiger partial charge in [-0.1, -0.05) is 12.1 Å². The number of nitrogens with two attached hydrogens (primary N) is 1. The Bertz CT molecular complexity index is 513. The van der Waals surface area contributed by atoms with Crippen LogP contribution in [0.2, 0.25) is 0 Å². The van der Waals surface area contributed by atoms with Gasteiger partial charge in [0.2, 0.25) is 0 Å². The monoisotopic (exact) mass is 246 g/mol. The van der Waals surface area contributed by atoms with Crippen LogP contribution in [0.5, 0.6) is 5.75 Å². The van der Waals surface area contributed by atoms with Crippen molar-refractivity contribution >= 4 is 0 Å². The number of nitrogens with zero attached hydrogens (tertiary/aromatic N) is 1. The van der Waals surface area contributed by atoms with Crippen LogP contribution in [0.1, 0.15) is 24.2 Å². The number of hydrogen-bond donors (Lipinski definition) is 1. The van der Waals surface area contributed by atoms with Crippen molar-refractivity contribution in [3.05, 3.63) is 59.7 Å². The number of ether oxygens (including phenoxy) is 1. The highest BCUT2D eigenvalue weighted by molar-refractivity contribution is 5.34. The lowest BCUT2D eigenvalue weighted by atomic mass is 10.0. The second-order valence-corrected chi connectivity index (χ2v) is 3.88. The summed E-state index contributed by atoms with van der Waals surface area (Å²) in [7, 11) is 0. The topological polar surface area (TPSA) is 48.1 Å². The average molecular weight is 246 g/mol. The second kappa shape index (κ2) is 5.60. The van der Waals surface area contributed by atoms with Gasteiger partial charge in [0.05, 0.1) is 24.5 Å². The third-order valence-corrected chi connectivity index (χ3v) is 2.60. The Kier molecular flexibility index (Phi) is 3.89. The predicted molar refractivity (Wildman–Crippen MR) is 67.8 cm³/mol. The first-order chi connectivity index (χ1) is 8.70. The Labute approximate surface area is 105 Å².